The molecule has 4 heterocycles. The zero-order valence-electron chi connectivity index (χ0n) is 26.3. The number of nitrogens with zero attached hydrogens (tertiary/aromatic N) is 4. The van der Waals surface area contributed by atoms with Gasteiger partial charge in [0.1, 0.15) is 11.4 Å². The van der Waals surface area contributed by atoms with Crippen LogP contribution in [-0.4, -0.2) is 63.6 Å². The Morgan fingerprint density at radius 2 is 1.64 bits per heavy atom. The SMILES string of the molecule is Cn1c(C(=O)N2CCN(Cc3ccc4c(c3)OC(F)(F)O4)CC2)cc2ccc(Oc3ccc(NC(=O)c4ccc(C(F)(F)F)cc4)cn3)cc21. The summed E-state index contributed by atoms with van der Waals surface area (Å²) in [5.74, 6) is -0.00571. The van der Waals surface area contributed by atoms with Crippen LogP contribution in [0.4, 0.5) is 27.6 Å². The highest BCUT2D eigenvalue weighted by molar-refractivity contribution is 6.04. The van der Waals surface area contributed by atoms with Gasteiger partial charge in [-0.15, -0.1) is 8.78 Å². The zero-order chi connectivity index (χ0) is 35.2. The number of rotatable bonds is 7. The lowest BCUT2D eigenvalue weighted by Gasteiger charge is -2.34. The summed E-state index contributed by atoms with van der Waals surface area (Å²) in [6, 6.07) is 18.9. The third-order valence-corrected chi connectivity index (χ3v) is 8.46. The van der Waals surface area contributed by atoms with Crippen LogP contribution in [0, 0.1) is 0 Å². The smallest absolute Gasteiger partial charge is 0.439 e. The molecule has 0 saturated carbocycles. The van der Waals surface area contributed by atoms with Gasteiger partial charge in [0.05, 0.1) is 23.0 Å². The second-order valence-electron chi connectivity index (χ2n) is 11.8. The Hall–Kier alpha value is -5.70. The van der Waals surface area contributed by atoms with Gasteiger partial charge in [-0.3, -0.25) is 14.5 Å². The molecule has 258 valence electrons. The van der Waals surface area contributed by atoms with E-state index in [0.29, 0.717) is 49.9 Å². The summed E-state index contributed by atoms with van der Waals surface area (Å²) in [5, 5.41) is 3.43. The van der Waals surface area contributed by atoms with Crippen molar-refractivity contribution in [3.63, 3.8) is 0 Å². The van der Waals surface area contributed by atoms with Crippen LogP contribution in [0.1, 0.15) is 32.0 Å². The monoisotopic (exact) mass is 693 g/mol. The number of fused-ring (bicyclic) bond motifs is 2. The van der Waals surface area contributed by atoms with Crippen LogP contribution in [0.15, 0.2) is 85.1 Å². The molecule has 15 heteroatoms. The number of hydrogen-bond donors (Lipinski definition) is 1. The van der Waals surface area contributed by atoms with E-state index in [1.165, 1.54) is 18.3 Å². The number of alkyl halides is 5. The van der Waals surface area contributed by atoms with Gasteiger partial charge < -0.3 is 29.0 Å². The first-order valence-corrected chi connectivity index (χ1v) is 15.4. The molecule has 0 bridgehead atoms. The van der Waals surface area contributed by atoms with Crippen molar-refractivity contribution in [2.75, 3.05) is 31.5 Å². The number of pyridine rings is 1. The van der Waals surface area contributed by atoms with Gasteiger partial charge in [-0.2, -0.15) is 13.2 Å². The fourth-order valence-electron chi connectivity index (χ4n) is 5.85. The van der Waals surface area contributed by atoms with Crippen LogP contribution < -0.4 is 19.5 Å². The number of anilines is 1. The number of aryl methyl sites for hydroxylation is 1. The summed E-state index contributed by atoms with van der Waals surface area (Å²) < 4.78 is 81.9. The summed E-state index contributed by atoms with van der Waals surface area (Å²) in [7, 11) is 1.80. The van der Waals surface area contributed by atoms with Crippen molar-refractivity contribution in [3.8, 4) is 23.1 Å². The summed E-state index contributed by atoms with van der Waals surface area (Å²) in [5.41, 5.74) is 1.60. The van der Waals surface area contributed by atoms with Gasteiger partial charge >= 0.3 is 12.5 Å². The van der Waals surface area contributed by atoms with Gasteiger partial charge in [0.25, 0.3) is 11.8 Å². The molecule has 7 rings (SSSR count). The predicted molar refractivity (Wildman–Crippen MR) is 170 cm³/mol. The number of carbonyl (C=O) groups is 2. The van der Waals surface area contributed by atoms with Crippen molar-refractivity contribution >= 4 is 28.4 Å². The Labute approximate surface area is 281 Å². The summed E-state index contributed by atoms with van der Waals surface area (Å²) in [6.07, 6.45) is -6.79. The summed E-state index contributed by atoms with van der Waals surface area (Å²) >= 11 is 0. The number of halogens is 5. The molecule has 0 aliphatic carbocycles. The highest BCUT2D eigenvalue weighted by atomic mass is 19.4. The standard InChI is InChI=1S/C35H28F5N5O5/c1-43-27-18-26(48-31-11-8-25(19-41-31)42-32(46)22-3-6-24(7-4-22)34(36,37)38)9-5-23(27)17-28(43)33(47)45-14-12-44(13-15-45)20-21-2-10-29-30(16-21)50-35(39,40)49-29/h2-11,16-19H,12-15,20H2,1H3,(H,42,46). The highest BCUT2D eigenvalue weighted by Crippen LogP contribution is 2.41. The van der Waals surface area contributed by atoms with Gasteiger partial charge in [-0.1, -0.05) is 6.07 Å². The van der Waals surface area contributed by atoms with Crippen LogP contribution in [0.25, 0.3) is 10.9 Å². The molecule has 0 spiro atoms. The fourth-order valence-corrected chi connectivity index (χ4v) is 5.85. The van der Waals surface area contributed by atoms with Crippen LogP contribution in [-0.2, 0) is 19.8 Å². The maximum absolute atomic E-state index is 13.5. The lowest BCUT2D eigenvalue weighted by Crippen LogP contribution is -2.48. The van der Waals surface area contributed by atoms with E-state index in [9.17, 15) is 31.5 Å². The lowest BCUT2D eigenvalue weighted by atomic mass is 10.1. The molecule has 0 atom stereocenters. The molecule has 2 amide bonds. The van der Waals surface area contributed by atoms with Crippen molar-refractivity contribution < 1.29 is 45.8 Å². The summed E-state index contributed by atoms with van der Waals surface area (Å²) in [6.45, 7) is 2.69. The van der Waals surface area contributed by atoms with Crippen LogP contribution in [0.3, 0.4) is 0 Å². The molecule has 5 aromatic rings. The molecule has 2 aliphatic rings. The lowest BCUT2D eigenvalue weighted by molar-refractivity contribution is -0.286. The van der Waals surface area contributed by atoms with Crippen molar-refractivity contribution in [1.29, 1.82) is 0 Å². The van der Waals surface area contributed by atoms with E-state index in [4.69, 9.17) is 4.74 Å². The van der Waals surface area contributed by atoms with E-state index in [1.54, 1.807) is 46.8 Å². The topological polar surface area (TPSA) is 98.2 Å². The quantitative estimate of drug-likeness (QED) is 0.185. The number of benzene rings is 3. The largest absolute Gasteiger partial charge is 0.586 e. The number of aromatic nitrogens is 2. The molecule has 0 radical (unpaired) electrons. The highest BCUT2D eigenvalue weighted by Gasteiger charge is 2.43. The van der Waals surface area contributed by atoms with Crippen LogP contribution in [0.5, 0.6) is 23.1 Å². The van der Waals surface area contributed by atoms with E-state index < -0.39 is 23.9 Å². The maximum Gasteiger partial charge on any atom is 0.586 e. The summed E-state index contributed by atoms with van der Waals surface area (Å²) in [4.78, 5) is 34.2. The minimum Gasteiger partial charge on any atom is -0.439 e. The van der Waals surface area contributed by atoms with Gasteiger partial charge in [-0.05, 0) is 66.2 Å². The van der Waals surface area contributed by atoms with Gasteiger partial charge in [0.15, 0.2) is 11.5 Å². The Balaban J connectivity index is 0.947. The molecule has 2 aromatic heterocycles. The van der Waals surface area contributed by atoms with Crippen molar-refractivity contribution in [3.05, 3.63) is 107 Å². The molecule has 0 unspecified atom stereocenters. The minimum atomic E-state index is -4.49. The van der Waals surface area contributed by atoms with Gasteiger partial charge in [0, 0.05) is 62.9 Å². The molecule has 2 aliphatic heterocycles. The number of ether oxygens (including phenoxy) is 3. The Bertz CT molecular complexity index is 2080. The molecule has 50 heavy (non-hydrogen) atoms. The number of piperazine rings is 1. The first-order chi connectivity index (χ1) is 23.8. The van der Waals surface area contributed by atoms with Crippen molar-refractivity contribution in [2.24, 2.45) is 7.05 Å². The number of nitrogens with one attached hydrogen (secondary N) is 1. The third-order valence-electron chi connectivity index (χ3n) is 8.46. The third kappa shape index (κ3) is 6.89. The average Bonchev–Trinajstić information content (AvgIpc) is 3.59. The maximum atomic E-state index is 13.5. The number of carbonyl (C=O) groups excluding carboxylic acids is 2. The molecule has 1 fully saturated rings. The second kappa shape index (κ2) is 12.6. The van der Waals surface area contributed by atoms with Crippen molar-refractivity contribution in [2.45, 2.75) is 19.0 Å². The van der Waals surface area contributed by atoms with Crippen LogP contribution in [0.2, 0.25) is 0 Å². The van der Waals surface area contributed by atoms with Crippen molar-refractivity contribution in [1.82, 2.24) is 19.4 Å². The van der Waals surface area contributed by atoms with Gasteiger partial charge in [-0.25, -0.2) is 4.98 Å². The molecular weight excluding hydrogens is 665 g/mol. The molecule has 10 nitrogen and oxygen atoms in total. The number of hydrogen-bond acceptors (Lipinski definition) is 7. The van der Waals surface area contributed by atoms with Crippen LogP contribution >= 0.6 is 0 Å². The first-order valence-electron chi connectivity index (χ1n) is 15.4. The van der Waals surface area contributed by atoms with E-state index in [-0.39, 0.29) is 28.8 Å². The molecule has 1 N–H and O–H groups in total. The zero-order valence-corrected chi connectivity index (χ0v) is 26.3. The minimum absolute atomic E-state index is 0.000418. The van der Waals surface area contributed by atoms with E-state index in [2.05, 4.69) is 24.7 Å². The second-order valence-corrected chi connectivity index (χ2v) is 11.8. The Morgan fingerprint density at radius 3 is 2.34 bits per heavy atom. The fraction of sp³-hybridized carbons (Fsp3) is 0.229. The number of amides is 2. The van der Waals surface area contributed by atoms with E-state index >= 15 is 0 Å². The normalized spacial score (nSPS) is 15.7. The Morgan fingerprint density at radius 1 is 0.900 bits per heavy atom. The van der Waals surface area contributed by atoms with E-state index in [1.807, 2.05) is 12.1 Å². The van der Waals surface area contributed by atoms with Gasteiger partial charge in [0.2, 0.25) is 5.88 Å². The molecule has 3 aromatic carbocycles. The molecular formula is C35H28F5N5O5. The predicted octanol–water partition coefficient (Wildman–Crippen LogP) is 6.92. The Kier molecular flexibility index (Phi) is 8.30. The van der Waals surface area contributed by atoms with E-state index in [0.717, 1.165) is 40.7 Å². The first kappa shape index (κ1) is 32.8. The molecule has 1 saturated heterocycles. The average molecular weight is 694 g/mol.